The molecule has 1 aliphatic carbocycles. The smallest absolute Gasteiger partial charge is 0.452 e. The van der Waals surface area contributed by atoms with Crippen molar-refractivity contribution in [3.63, 3.8) is 0 Å². The van der Waals surface area contributed by atoms with Crippen LogP contribution in [0.15, 0.2) is 18.2 Å². The largest absolute Gasteiger partial charge is 0.481 e. The number of hydrogen-bond donors (Lipinski definition) is 3. The monoisotopic (exact) mass is 555 g/mol. The molecule has 1 aromatic carbocycles. The van der Waals surface area contributed by atoms with Gasteiger partial charge in [0.25, 0.3) is 0 Å². The van der Waals surface area contributed by atoms with Gasteiger partial charge < -0.3 is 20.4 Å². The van der Waals surface area contributed by atoms with Gasteiger partial charge in [-0.25, -0.2) is 0 Å². The Kier molecular flexibility index (Phi) is 8.83. The number of aliphatic hydroxyl groups excluding tert-OH is 1. The Bertz CT molecular complexity index is 1100. The Hall–Kier alpha value is -2.44. The second-order valence-electron chi connectivity index (χ2n) is 10.9. The van der Waals surface area contributed by atoms with Crippen molar-refractivity contribution in [2.24, 2.45) is 11.8 Å². The molecule has 1 saturated carbocycles. The highest BCUT2D eigenvalue weighted by molar-refractivity contribution is 7.09. The number of anilines is 3. The van der Waals surface area contributed by atoms with E-state index in [1.807, 2.05) is 25.1 Å². The number of carboxylic acid groups (broad SMARTS) is 1. The van der Waals surface area contributed by atoms with Crippen molar-refractivity contribution in [2.75, 3.05) is 29.9 Å². The van der Waals surface area contributed by atoms with Crippen LogP contribution >= 0.6 is 11.5 Å². The second-order valence-corrected chi connectivity index (χ2v) is 11.6. The lowest BCUT2D eigenvalue weighted by molar-refractivity contribution is -0.144. The molecule has 2 heterocycles. The fourth-order valence-electron chi connectivity index (χ4n) is 5.09. The van der Waals surface area contributed by atoms with Gasteiger partial charge in [-0.3, -0.25) is 9.69 Å². The number of nitrogens with one attached hydrogen (secondary N) is 1. The summed E-state index contributed by atoms with van der Waals surface area (Å²) in [5.41, 5.74) is 2.17. The molecule has 2 aromatic rings. The van der Waals surface area contributed by atoms with Gasteiger partial charge in [0.15, 0.2) is 0 Å². The van der Waals surface area contributed by atoms with E-state index in [-0.39, 0.29) is 29.7 Å². The van der Waals surface area contributed by atoms with Crippen LogP contribution in [-0.4, -0.2) is 62.3 Å². The zero-order chi connectivity index (χ0) is 27.6. The molecule has 38 heavy (non-hydrogen) atoms. The maximum Gasteiger partial charge on any atom is 0.452 e. The number of nitrogens with zero attached hydrogens (tertiary/aromatic N) is 4. The fourth-order valence-corrected chi connectivity index (χ4v) is 5.69. The lowest BCUT2D eigenvalue weighted by Gasteiger charge is -2.42. The Labute approximate surface area is 225 Å². The third-order valence-electron chi connectivity index (χ3n) is 7.22. The highest BCUT2D eigenvalue weighted by Crippen LogP contribution is 2.39. The molecule has 0 amide bonds. The Balaban J connectivity index is 1.63. The van der Waals surface area contributed by atoms with Crippen molar-refractivity contribution in [3.05, 3.63) is 29.6 Å². The molecule has 2 aliphatic rings. The van der Waals surface area contributed by atoms with Crippen LogP contribution in [0.1, 0.15) is 70.2 Å². The van der Waals surface area contributed by atoms with Gasteiger partial charge in [-0.05, 0) is 61.1 Å². The molecule has 1 aliphatic heterocycles. The van der Waals surface area contributed by atoms with Crippen LogP contribution in [-0.2, 0) is 11.0 Å². The molecule has 2 fully saturated rings. The summed E-state index contributed by atoms with van der Waals surface area (Å²) in [6, 6.07) is 5.82. The van der Waals surface area contributed by atoms with Crippen LogP contribution in [0.3, 0.4) is 0 Å². The van der Waals surface area contributed by atoms with Crippen LogP contribution in [0.25, 0.3) is 0 Å². The molecule has 1 aromatic heterocycles. The Morgan fingerprint density at radius 2 is 1.89 bits per heavy atom. The molecule has 8 nitrogen and oxygen atoms in total. The zero-order valence-electron chi connectivity index (χ0n) is 21.9. The van der Waals surface area contributed by atoms with Crippen molar-refractivity contribution in [1.29, 1.82) is 0 Å². The highest BCUT2D eigenvalue weighted by Gasteiger charge is 2.38. The lowest BCUT2D eigenvalue weighted by Crippen LogP contribution is -2.49. The normalized spacial score (nSPS) is 18.9. The van der Waals surface area contributed by atoms with Crippen molar-refractivity contribution >= 4 is 34.0 Å². The first-order chi connectivity index (χ1) is 17.9. The van der Waals surface area contributed by atoms with E-state index in [0.717, 1.165) is 56.6 Å². The Morgan fingerprint density at radius 1 is 1.21 bits per heavy atom. The zero-order valence-corrected chi connectivity index (χ0v) is 22.7. The van der Waals surface area contributed by atoms with Crippen molar-refractivity contribution in [2.45, 2.75) is 77.2 Å². The molecule has 210 valence electrons. The summed E-state index contributed by atoms with van der Waals surface area (Å²) in [6.07, 6.45) is -1.24. The van der Waals surface area contributed by atoms with Gasteiger partial charge in [-0.2, -0.15) is 22.5 Å². The summed E-state index contributed by atoms with van der Waals surface area (Å²) in [5, 5.41) is 22.9. The first kappa shape index (κ1) is 28.6. The summed E-state index contributed by atoms with van der Waals surface area (Å²) in [7, 11) is 0. The average Bonchev–Trinajstić information content (AvgIpc) is 3.59. The maximum atomic E-state index is 13.1. The van der Waals surface area contributed by atoms with E-state index in [2.05, 4.69) is 38.3 Å². The van der Waals surface area contributed by atoms with E-state index in [9.17, 15) is 28.2 Å². The van der Waals surface area contributed by atoms with Gasteiger partial charge in [0.2, 0.25) is 11.0 Å². The second kappa shape index (κ2) is 11.7. The number of aromatic nitrogens is 2. The van der Waals surface area contributed by atoms with Crippen molar-refractivity contribution in [3.8, 4) is 0 Å². The number of aliphatic hydroxyl groups is 1. The van der Waals surface area contributed by atoms with E-state index in [1.54, 1.807) is 0 Å². The van der Waals surface area contributed by atoms with Crippen molar-refractivity contribution in [1.82, 2.24) is 14.3 Å². The van der Waals surface area contributed by atoms with Crippen LogP contribution in [0.4, 0.5) is 29.7 Å². The summed E-state index contributed by atoms with van der Waals surface area (Å²) in [6.45, 7) is 8.34. The van der Waals surface area contributed by atoms with Crippen LogP contribution in [0, 0.1) is 11.8 Å². The molecule has 0 bridgehead atoms. The number of carbonyl (C=O) groups is 1. The van der Waals surface area contributed by atoms with E-state index in [0.29, 0.717) is 29.1 Å². The first-order valence-corrected chi connectivity index (χ1v) is 13.9. The molecule has 1 saturated heterocycles. The summed E-state index contributed by atoms with van der Waals surface area (Å²) < 4.78 is 42.9. The van der Waals surface area contributed by atoms with Gasteiger partial charge in [-0.1, -0.05) is 26.8 Å². The molecule has 0 spiro atoms. The third-order valence-corrected chi connectivity index (χ3v) is 7.85. The summed E-state index contributed by atoms with van der Waals surface area (Å²) in [5.74, 6) is -1.70. The standard InChI is InChI=1S/C26H36F3N5O3S/c1-15(2)14-34(19-8-10-33(11-9-19)23(37)17-4-5-17)21-7-6-18(16(3)12-22(35)36)13-20(21)30-25-31-24(32-38-25)26(27,28)29/h6-7,13,15-17,19,23,37H,4-5,8-12,14H2,1-3H3,(H,35,36)(H,30,31,32)/t16-,23?/m1/s1. The first-order valence-electron chi connectivity index (χ1n) is 13.1. The van der Waals surface area contributed by atoms with Crippen molar-refractivity contribution < 1.29 is 28.2 Å². The number of likely N-dealkylation sites (tertiary alicyclic amines) is 1. The summed E-state index contributed by atoms with van der Waals surface area (Å²) >= 11 is 0.639. The number of hydrogen-bond acceptors (Lipinski definition) is 8. The van der Waals surface area contributed by atoms with E-state index < -0.39 is 18.0 Å². The number of alkyl halides is 3. The summed E-state index contributed by atoms with van der Waals surface area (Å²) in [4.78, 5) is 19.4. The van der Waals surface area contributed by atoms with Crippen LogP contribution in [0.5, 0.6) is 0 Å². The van der Waals surface area contributed by atoms with Gasteiger partial charge in [-0.15, -0.1) is 0 Å². The quantitative estimate of drug-likeness (QED) is 0.333. The van der Waals surface area contributed by atoms with E-state index >= 15 is 0 Å². The van der Waals surface area contributed by atoms with Crippen LogP contribution < -0.4 is 10.2 Å². The molecule has 4 rings (SSSR count). The highest BCUT2D eigenvalue weighted by atomic mass is 32.1. The molecular weight excluding hydrogens is 519 g/mol. The molecule has 1 unspecified atom stereocenters. The minimum absolute atomic E-state index is 0.0217. The molecule has 3 N–H and O–H groups in total. The van der Waals surface area contributed by atoms with Gasteiger partial charge in [0, 0.05) is 37.2 Å². The number of carboxylic acids is 1. The predicted octanol–water partition coefficient (Wildman–Crippen LogP) is 5.53. The minimum atomic E-state index is -4.64. The number of benzene rings is 1. The predicted molar refractivity (Wildman–Crippen MR) is 141 cm³/mol. The van der Waals surface area contributed by atoms with Gasteiger partial charge >= 0.3 is 12.1 Å². The minimum Gasteiger partial charge on any atom is -0.481 e. The van der Waals surface area contributed by atoms with E-state index in [4.69, 9.17) is 0 Å². The number of piperidine rings is 1. The SMILES string of the molecule is CC(C)CN(c1ccc([C@H](C)CC(=O)O)cc1Nc1nc(C(F)(F)F)ns1)C1CCN(C(O)C2CC2)CC1. The topological polar surface area (TPSA) is 102 Å². The maximum absolute atomic E-state index is 13.1. The number of rotatable bonds is 11. The molecule has 0 radical (unpaired) electrons. The molecule has 12 heteroatoms. The van der Waals surface area contributed by atoms with E-state index in [1.165, 1.54) is 0 Å². The number of aliphatic carboxylic acids is 1. The molecular formula is C26H36F3N5O3S. The lowest BCUT2D eigenvalue weighted by atomic mass is 9.95. The molecule has 2 atom stereocenters. The van der Waals surface area contributed by atoms with Crippen LogP contribution in [0.2, 0.25) is 0 Å². The number of halogens is 3. The van der Waals surface area contributed by atoms with Gasteiger partial charge in [0.1, 0.15) is 6.23 Å². The van der Waals surface area contributed by atoms with Gasteiger partial charge in [0.05, 0.1) is 17.8 Å². The third kappa shape index (κ3) is 7.15. The Morgan fingerprint density at radius 3 is 2.45 bits per heavy atom. The fraction of sp³-hybridized carbons (Fsp3) is 0.654. The average molecular weight is 556 g/mol.